The Labute approximate surface area is 120 Å². The second kappa shape index (κ2) is 7.23. The molecule has 2 aliphatic carbocycles. The highest BCUT2D eigenvalue weighted by molar-refractivity contribution is 6.70. The zero-order valence-electron chi connectivity index (χ0n) is 13.1. The van der Waals surface area contributed by atoms with E-state index in [9.17, 15) is 0 Å². The fraction of sp³-hybridized carbons (Fsp3) is 1.00. The summed E-state index contributed by atoms with van der Waals surface area (Å²) in [5.74, 6) is 0.912. The quantitative estimate of drug-likeness (QED) is 0.637. The molecule has 0 radical (unpaired) electrons. The highest BCUT2D eigenvalue weighted by atomic mass is 28.4. The number of rotatable bonds is 6. The summed E-state index contributed by atoms with van der Waals surface area (Å²) in [7, 11) is -1.99. The van der Waals surface area contributed by atoms with E-state index in [4.69, 9.17) is 8.85 Å². The first-order valence-corrected chi connectivity index (χ1v) is 10.5. The fourth-order valence-corrected chi connectivity index (χ4v) is 9.23. The Morgan fingerprint density at radius 3 is 1.74 bits per heavy atom. The maximum Gasteiger partial charge on any atom is 0.344 e. The maximum absolute atomic E-state index is 6.45. The van der Waals surface area contributed by atoms with E-state index in [0.717, 1.165) is 30.2 Å². The summed E-state index contributed by atoms with van der Waals surface area (Å²) in [5.41, 5.74) is 1.53. The molecule has 2 saturated carbocycles. The lowest BCUT2D eigenvalue weighted by molar-refractivity contribution is 0.150. The van der Waals surface area contributed by atoms with Gasteiger partial charge in [0.25, 0.3) is 0 Å². The Bertz CT molecular complexity index is 249. The lowest BCUT2D eigenvalue weighted by Gasteiger charge is -2.43. The third-order valence-electron chi connectivity index (χ3n) is 5.25. The standard InChI is InChI=1S/C16H32O2Si/c1-4-17-19(18-5-2,15-8-6-7-9-15)16-12-10-14(3)11-13-16/h14-16H,4-13H2,1-3H3. The van der Waals surface area contributed by atoms with Crippen molar-refractivity contribution in [3.8, 4) is 0 Å². The van der Waals surface area contributed by atoms with E-state index in [1.165, 1.54) is 51.4 Å². The molecule has 2 nitrogen and oxygen atoms in total. The lowest BCUT2D eigenvalue weighted by atomic mass is 9.90. The summed E-state index contributed by atoms with van der Waals surface area (Å²) in [5, 5.41) is 0. The van der Waals surface area contributed by atoms with Crippen LogP contribution in [0.25, 0.3) is 0 Å². The van der Waals surface area contributed by atoms with Crippen LogP contribution in [0.5, 0.6) is 0 Å². The molecule has 0 saturated heterocycles. The second-order valence-electron chi connectivity index (χ2n) is 6.53. The van der Waals surface area contributed by atoms with E-state index < -0.39 is 8.56 Å². The molecular weight excluding hydrogens is 252 g/mol. The van der Waals surface area contributed by atoms with Crippen molar-refractivity contribution in [3.05, 3.63) is 0 Å². The van der Waals surface area contributed by atoms with E-state index in [1.54, 1.807) is 0 Å². The monoisotopic (exact) mass is 284 g/mol. The molecule has 0 spiro atoms. The molecule has 0 aromatic heterocycles. The van der Waals surface area contributed by atoms with Crippen molar-refractivity contribution < 1.29 is 8.85 Å². The van der Waals surface area contributed by atoms with Gasteiger partial charge >= 0.3 is 8.56 Å². The van der Waals surface area contributed by atoms with Gasteiger partial charge < -0.3 is 8.85 Å². The Balaban J connectivity index is 2.14. The van der Waals surface area contributed by atoms with Crippen molar-refractivity contribution >= 4 is 8.56 Å². The minimum absolute atomic E-state index is 0.756. The predicted molar refractivity (Wildman–Crippen MR) is 82.6 cm³/mol. The van der Waals surface area contributed by atoms with Crippen LogP contribution in [0.2, 0.25) is 11.1 Å². The zero-order valence-corrected chi connectivity index (χ0v) is 14.1. The molecule has 3 heteroatoms. The minimum atomic E-state index is -1.99. The largest absolute Gasteiger partial charge is 0.394 e. The highest BCUT2D eigenvalue weighted by Gasteiger charge is 2.53. The van der Waals surface area contributed by atoms with Gasteiger partial charge in [-0.3, -0.25) is 0 Å². The summed E-state index contributed by atoms with van der Waals surface area (Å²) in [6.45, 7) is 8.39. The van der Waals surface area contributed by atoms with Crippen molar-refractivity contribution in [1.29, 1.82) is 0 Å². The molecule has 0 aliphatic heterocycles. The molecule has 112 valence electrons. The van der Waals surface area contributed by atoms with E-state index in [2.05, 4.69) is 20.8 Å². The zero-order chi connectivity index (χ0) is 13.7. The van der Waals surface area contributed by atoms with Gasteiger partial charge in [0.15, 0.2) is 0 Å². The van der Waals surface area contributed by atoms with Gasteiger partial charge in [-0.25, -0.2) is 0 Å². The van der Waals surface area contributed by atoms with Crippen LogP contribution < -0.4 is 0 Å². The Hall–Kier alpha value is 0.137. The summed E-state index contributed by atoms with van der Waals surface area (Å²) in [6, 6.07) is 0. The Morgan fingerprint density at radius 2 is 1.26 bits per heavy atom. The van der Waals surface area contributed by atoms with Gasteiger partial charge in [-0.2, -0.15) is 0 Å². The molecule has 2 fully saturated rings. The molecule has 19 heavy (non-hydrogen) atoms. The molecule has 0 aromatic rings. The van der Waals surface area contributed by atoms with Crippen molar-refractivity contribution in [1.82, 2.24) is 0 Å². The van der Waals surface area contributed by atoms with Gasteiger partial charge in [-0.1, -0.05) is 32.6 Å². The normalized spacial score (nSPS) is 29.8. The molecule has 0 aromatic carbocycles. The minimum Gasteiger partial charge on any atom is -0.394 e. The molecule has 0 N–H and O–H groups in total. The fourth-order valence-electron chi connectivity index (χ4n) is 4.29. The van der Waals surface area contributed by atoms with Crippen LogP contribution in [0.15, 0.2) is 0 Å². The van der Waals surface area contributed by atoms with Crippen molar-refractivity contribution in [3.63, 3.8) is 0 Å². The third-order valence-corrected chi connectivity index (χ3v) is 10.2. The Kier molecular flexibility index (Phi) is 5.91. The molecule has 2 aliphatic rings. The van der Waals surface area contributed by atoms with Gasteiger partial charge in [-0.15, -0.1) is 0 Å². The average molecular weight is 285 g/mol. The average Bonchev–Trinajstić information content (AvgIpc) is 2.93. The van der Waals surface area contributed by atoms with E-state index in [1.807, 2.05) is 0 Å². The maximum atomic E-state index is 6.45. The summed E-state index contributed by atoms with van der Waals surface area (Å²) in [4.78, 5) is 0. The van der Waals surface area contributed by atoms with Crippen molar-refractivity contribution in [2.45, 2.75) is 83.2 Å². The summed E-state index contributed by atoms with van der Waals surface area (Å²) < 4.78 is 12.9. The third kappa shape index (κ3) is 3.42. The summed E-state index contributed by atoms with van der Waals surface area (Å²) in [6.07, 6.45) is 11.0. The van der Waals surface area contributed by atoms with Crippen molar-refractivity contribution in [2.24, 2.45) is 5.92 Å². The topological polar surface area (TPSA) is 18.5 Å². The molecule has 0 heterocycles. The highest BCUT2D eigenvalue weighted by Crippen LogP contribution is 2.50. The number of hydrogen-bond donors (Lipinski definition) is 0. The van der Waals surface area contributed by atoms with E-state index in [-0.39, 0.29) is 0 Å². The molecular formula is C16H32O2Si. The van der Waals surface area contributed by atoms with Crippen molar-refractivity contribution in [2.75, 3.05) is 13.2 Å². The Morgan fingerprint density at radius 1 is 0.789 bits per heavy atom. The molecule has 2 rings (SSSR count). The lowest BCUT2D eigenvalue weighted by Crippen LogP contribution is -2.51. The van der Waals surface area contributed by atoms with Crippen LogP contribution in [0.3, 0.4) is 0 Å². The van der Waals surface area contributed by atoms with E-state index in [0.29, 0.717) is 0 Å². The van der Waals surface area contributed by atoms with Gasteiger partial charge in [0.2, 0.25) is 0 Å². The van der Waals surface area contributed by atoms with E-state index >= 15 is 0 Å². The van der Waals surface area contributed by atoms with Crippen LogP contribution in [-0.4, -0.2) is 21.8 Å². The molecule has 0 atom stereocenters. The van der Waals surface area contributed by atoms with Crippen LogP contribution in [0, 0.1) is 5.92 Å². The van der Waals surface area contributed by atoms with Crippen LogP contribution in [0.4, 0.5) is 0 Å². The SMILES string of the molecule is CCO[Si](OCC)(C1CCCC1)C1CCC(C)CC1. The molecule has 0 amide bonds. The van der Waals surface area contributed by atoms with Gasteiger partial charge in [-0.05, 0) is 45.4 Å². The number of hydrogen-bond acceptors (Lipinski definition) is 2. The first-order valence-electron chi connectivity index (χ1n) is 8.50. The second-order valence-corrected chi connectivity index (χ2v) is 10.2. The summed E-state index contributed by atoms with van der Waals surface area (Å²) >= 11 is 0. The van der Waals surface area contributed by atoms with Crippen LogP contribution >= 0.6 is 0 Å². The van der Waals surface area contributed by atoms with Crippen LogP contribution in [0.1, 0.15) is 72.1 Å². The van der Waals surface area contributed by atoms with Gasteiger partial charge in [0.05, 0.1) is 0 Å². The molecule has 0 bridgehead atoms. The predicted octanol–water partition coefficient (Wildman–Crippen LogP) is 5.03. The smallest absolute Gasteiger partial charge is 0.344 e. The first kappa shape index (κ1) is 15.5. The molecule has 0 unspecified atom stereocenters. The van der Waals surface area contributed by atoms with Crippen LogP contribution in [-0.2, 0) is 8.85 Å². The van der Waals surface area contributed by atoms with Gasteiger partial charge in [0.1, 0.15) is 0 Å². The first-order chi connectivity index (χ1) is 9.23. The van der Waals surface area contributed by atoms with Gasteiger partial charge in [0, 0.05) is 24.3 Å².